The Hall–Kier alpha value is -1.56. The molecule has 0 aliphatic heterocycles. The molecule has 0 aliphatic carbocycles. The van der Waals surface area contributed by atoms with E-state index in [-0.39, 0.29) is 17.7 Å². The molecule has 0 bridgehead atoms. The van der Waals surface area contributed by atoms with E-state index in [0.717, 1.165) is 10.0 Å². The van der Waals surface area contributed by atoms with Crippen molar-refractivity contribution in [3.8, 4) is 0 Å². The molecule has 0 radical (unpaired) electrons. The standard InChI is InChI=1S/C13H18BrN3O2/c1-7(2)11(12(15)17-19)13(18)16-10-6-4-5-9(14)8(10)3/h4-7,11,19H,1-3H3,(H2,15,17)(H,16,18). The van der Waals surface area contributed by atoms with Crippen LogP contribution in [0.1, 0.15) is 19.4 Å². The van der Waals surface area contributed by atoms with Gasteiger partial charge in [0.15, 0.2) is 5.84 Å². The third-order valence-electron chi connectivity index (χ3n) is 2.91. The molecule has 104 valence electrons. The molecular weight excluding hydrogens is 310 g/mol. The molecule has 5 nitrogen and oxygen atoms in total. The minimum Gasteiger partial charge on any atom is -0.409 e. The predicted molar refractivity (Wildman–Crippen MR) is 79.2 cm³/mol. The summed E-state index contributed by atoms with van der Waals surface area (Å²) in [4.78, 5) is 12.2. The van der Waals surface area contributed by atoms with E-state index in [4.69, 9.17) is 10.9 Å². The van der Waals surface area contributed by atoms with Gasteiger partial charge in [0.25, 0.3) is 0 Å². The highest BCUT2D eigenvalue weighted by Gasteiger charge is 2.27. The zero-order chi connectivity index (χ0) is 14.6. The number of hydrogen-bond donors (Lipinski definition) is 3. The summed E-state index contributed by atoms with van der Waals surface area (Å²) in [6.07, 6.45) is 0. The Morgan fingerprint density at radius 2 is 2.11 bits per heavy atom. The molecule has 19 heavy (non-hydrogen) atoms. The maximum absolute atomic E-state index is 12.2. The van der Waals surface area contributed by atoms with E-state index in [2.05, 4.69) is 26.4 Å². The maximum Gasteiger partial charge on any atom is 0.235 e. The average molecular weight is 328 g/mol. The second-order valence-corrected chi connectivity index (χ2v) is 5.50. The quantitative estimate of drug-likeness (QED) is 0.344. The zero-order valence-corrected chi connectivity index (χ0v) is 12.7. The molecule has 0 aromatic heterocycles. The summed E-state index contributed by atoms with van der Waals surface area (Å²) in [5.41, 5.74) is 7.20. The first-order valence-corrected chi connectivity index (χ1v) is 6.71. The lowest BCUT2D eigenvalue weighted by Crippen LogP contribution is -2.38. The number of carbonyl (C=O) groups excluding carboxylic acids is 1. The molecule has 1 amide bonds. The van der Waals surface area contributed by atoms with Gasteiger partial charge in [0.1, 0.15) is 5.92 Å². The number of hydrogen-bond acceptors (Lipinski definition) is 3. The molecule has 0 saturated heterocycles. The summed E-state index contributed by atoms with van der Waals surface area (Å²) in [6.45, 7) is 5.58. The number of oxime groups is 1. The molecule has 0 aliphatic rings. The van der Waals surface area contributed by atoms with Gasteiger partial charge in [-0.3, -0.25) is 4.79 Å². The second kappa shape index (κ2) is 6.56. The number of nitrogens with zero attached hydrogens (tertiary/aromatic N) is 1. The fraction of sp³-hybridized carbons (Fsp3) is 0.385. The normalized spacial score (nSPS) is 13.4. The van der Waals surface area contributed by atoms with Crippen molar-refractivity contribution in [2.75, 3.05) is 5.32 Å². The molecule has 0 spiro atoms. The van der Waals surface area contributed by atoms with E-state index < -0.39 is 5.92 Å². The fourth-order valence-corrected chi connectivity index (χ4v) is 2.16. The van der Waals surface area contributed by atoms with Gasteiger partial charge in [-0.05, 0) is 30.5 Å². The van der Waals surface area contributed by atoms with Gasteiger partial charge in [-0.25, -0.2) is 0 Å². The molecule has 0 fully saturated rings. The van der Waals surface area contributed by atoms with Gasteiger partial charge in [0.05, 0.1) is 0 Å². The van der Waals surface area contributed by atoms with E-state index >= 15 is 0 Å². The SMILES string of the molecule is Cc1c(Br)cccc1NC(=O)C(/C(N)=N/O)C(C)C. The Morgan fingerprint density at radius 1 is 1.47 bits per heavy atom. The molecule has 1 atom stereocenters. The molecular formula is C13H18BrN3O2. The van der Waals surface area contributed by atoms with Crippen LogP contribution < -0.4 is 11.1 Å². The summed E-state index contributed by atoms with van der Waals surface area (Å²) in [5, 5.41) is 14.5. The van der Waals surface area contributed by atoms with Crippen LogP contribution in [0.5, 0.6) is 0 Å². The number of amidine groups is 1. The highest BCUT2D eigenvalue weighted by atomic mass is 79.9. The van der Waals surface area contributed by atoms with Gasteiger partial charge in [-0.15, -0.1) is 0 Å². The first kappa shape index (κ1) is 15.5. The lowest BCUT2D eigenvalue weighted by Gasteiger charge is -2.19. The molecule has 6 heteroatoms. The highest BCUT2D eigenvalue weighted by Crippen LogP contribution is 2.24. The lowest BCUT2D eigenvalue weighted by molar-refractivity contribution is -0.119. The largest absolute Gasteiger partial charge is 0.409 e. The first-order chi connectivity index (χ1) is 8.88. The monoisotopic (exact) mass is 327 g/mol. The third-order valence-corrected chi connectivity index (χ3v) is 3.77. The predicted octanol–water partition coefficient (Wildman–Crippen LogP) is 2.71. The number of nitrogens with one attached hydrogen (secondary N) is 1. The summed E-state index contributed by atoms with van der Waals surface area (Å²) < 4.78 is 0.912. The van der Waals surface area contributed by atoms with Gasteiger partial charge in [0, 0.05) is 10.2 Å². The van der Waals surface area contributed by atoms with E-state index in [0.29, 0.717) is 5.69 Å². The number of halogens is 1. The van der Waals surface area contributed by atoms with Crippen molar-refractivity contribution in [1.82, 2.24) is 0 Å². The van der Waals surface area contributed by atoms with Crippen LogP contribution in [0.2, 0.25) is 0 Å². The maximum atomic E-state index is 12.2. The summed E-state index contributed by atoms with van der Waals surface area (Å²) in [6, 6.07) is 5.54. The molecule has 1 aromatic rings. The first-order valence-electron chi connectivity index (χ1n) is 5.91. The van der Waals surface area contributed by atoms with E-state index in [9.17, 15) is 4.79 Å². The van der Waals surface area contributed by atoms with Crippen LogP contribution in [0.15, 0.2) is 27.8 Å². The molecule has 1 unspecified atom stereocenters. The Labute approximate surface area is 121 Å². The molecule has 1 rings (SSSR count). The van der Waals surface area contributed by atoms with Gasteiger partial charge in [-0.2, -0.15) is 0 Å². The van der Waals surface area contributed by atoms with Crippen LogP contribution in [0, 0.1) is 18.8 Å². The second-order valence-electron chi connectivity index (χ2n) is 4.65. The minimum absolute atomic E-state index is 0.0663. The Kier molecular flexibility index (Phi) is 5.35. The van der Waals surface area contributed by atoms with E-state index in [1.54, 1.807) is 0 Å². The van der Waals surface area contributed by atoms with Crippen LogP contribution in [0.25, 0.3) is 0 Å². The number of rotatable bonds is 4. The zero-order valence-electron chi connectivity index (χ0n) is 11.1. The average Bonchev–Trinajstić information content (AvgIpc) is 2.34. The summed E-state index contributed by atoms with van der Waals surface area (Å²) in [7, 11) is 0. The van der Waals surface area contributed by atoms with Crippen molar-refractivity contribution >= 4 is 33.4 Å². The molecule has 1 aromatic carbocycles. The Morgan fingerprint density at radius 3 is 2.63 bits per heavy atom. The van der Waals surface area contributed by atoms with Crippen LogP contribution in [0.4, 0.5) is 5.69 Å². The molecule has 4 N–H and O–H groups in total. The van der Waals surface area contributed by atoms with Crippen LogP contribution in [-0.4, -0.2) is 17.0 Å². The van der Waals surface area contributed by atoms with Crippen molar-refractivity contribution in [2.45, 2.75) is 20.8 Å². The van der Waals surface area contributed by atoms with Crippen molar-refractivity contribution in [1.29, 1.82) is 0 Å². The lowest BCUT2D eigenvalue weighted by atomic mass is 9.93. The van der Waals surface area contributed by atoms with Crippen molar-refractivity contribution in [3.63, 3.8) is 0 Å². The number of anilines is 1. The van der Waals surface area contributed by atoms with E-state index in [1.165, 1.54) is 0 Å². The van der Waals surface area contributed by atoms with Crippen LogP contribution in [-0.2, 0) is 4.79 Å². The molecule has 0 saturated carbocycles. The molecule has 0 heterocycles. The number of benzene rings is 1. The highest BCUT2D eigenvalue weighted by molar-refractivity contribution is 9.10. The van der Waals surface area contributed by atoms with Crippen molar-refractivity contribution < 1.29 is 10.0 Å². The van der Waals surface area contributed by atoms with Gasteiger partial charge < -0.3 is 16.3 Å². The number of amides is 1. The number of carbonyl (C=O) groups is 1. The van der Waals surface area contributed by atoms with Crippen LogP contribution in [0.3, 0.4) is 0 Å². The van der Waals surface area contributed by atoms with Crippen molar-refractivity contribution in [2.24, 2.45) is 22.7 Å². The number of nitrogens with two attached hydrogens (primary N) is 1. The van der Waals surface area contributed by atoms with Crippen LogP contribution >= 0.6 is 15.9 Å². The van der Waals surface area contributed by atoms with Gasteiger partial charge >= 0.3 is 0 Å². The Bertz CT molecular complexity index is 501. The smallest absolute Gasteiger partial charge is 0.235 e. The van der Waals surface area contributed by atoms with Gasteiger partial charge in [-0.1, -0.05) is 41.0 Å². The summed E-state index contributed by atoms with van der Waals surface area (Å²) in [5.74, 6) is -1.10. The summed E-state index contributed by atoms with van der Waals surface area (Å²) >= 11 is 3.40. The topological polar surface area (TPSA) is 87.7 Å². The third kappa shape index (κ3) is 3.70. The van der Waals surface area contributed by atoms with Gasteiger partial charge in [0.2, 0.25) is 5.91 Å². The Balaban J connectivity index is 2.97. The van der Waals surface area contributed by atoms with E-state index in [1.807, 2.05) is 39.0 Å². The minimum atomic E-state index is -0.664. The van der Waals surface area contributed by atoms with Crippen molar-refractivity contribution in [3.05, 3.63) is 28.2 Å². The fourth-order valence-electron chi connectivity index (χ4n) is 1.79.